The molecule has 2 aliphatic rings. The highest BCUT2D eigenvalue weighted by Gasteiger charge is 2.31. The van der Waals surface area contributed by atoms with Gasteiger partial charge in [0.05, 0.1) is 6.04 Å². The quantitative estimate of drug-likeness (QED) is 0.873. The number of rotatable bonds is 3. The fourth-order valence-electron chi connectivity index (χ4n) is 3.61. The molecule has 3 rings (SSSR count). The number of carbonyl (C=O) groups is 2. The first-order valence-electron chi connectivity index (χ1n) is 8.34. The van der Waals surface area contributed by atoms with E-state index in [4.69, 9.17) is 0 Å². The molecule has 4 nitrogen and oxygen atoms in total. The summed E-state index contributed by atoms with van der Waals surface area (Å²) >= 11 is 0. The van der Waals surface area contributed by atoms with E-state index in [9.17, 15) is 9.59 Å². The van der Waals surface area contributed by atoms with E-state index in [1.807, 2.05) is 30.0 Å². The van der Waals surface area contributed by atoms with Crippen LogP contribution in [0.15, 0.2) is 18.2 Å². The number of Topliss-reactive ketones (excluding diaryl/α,β-unsaturated/α-hetero) is 1. The van der Waals surface area contributed by atoms with Gasteiger partial charge in [0, 0.05) is 23.7 Å². The Balaban J connectivity index is 1.84. The number of hydrogen-bond donors (Lipinski definition) is 1. The van der Waals surface area contributed by atoms with E-state index in [1.54, 1.807) is 0 Å². The van der Waals surface area contributed by atoms with Crippen molar-refractivity contribution in [2.75, 3.05) is 11.4 Å². The van der Waals surface area contributed by atoms with Crippen LogP contribution in [0.3, 0.4) is 0 Å². The van der Waals surface area contributed by atoms with Gasteiger partial charge in [0.25, 0.3) is 0 Å². The summed E-state index contributed by atoms with van der Waals surface area (Å²) in [6, 6.07) is 5.96. The van der Waals surface area contributed by atoms with Gasteiger partial charge in [0.1, 0.15) is 0 Å². The van der Waals surface area contributed by atoms with Crippen LogP contribution in [0.25, 0.3) is 0 Å². The molecule has 0 radical (unpaired) electrons. The van der Waals surface area contributed by atoms with Crippen LogP contribution < -0.4 is 10.2 Å². The zero-order valence-electron chi connectivity index (χ0n) is 13.4. The third kappa shape index (κ3) is 2.68. The van der Waals surface area contributed by atoms with Gasteiger partial charge in [-0.15, -0.1) is 0 Å². The minimum Gasteiger partial charge on any atom is -0.309 e. The topological polar surface area (TPSA) is 49.4 Å². The van der Waals surface area contributed by atoms with Gasteiger partial charge in [0.2, 0.25) is 5.91 Å². The van der Waals surface area contributed by atoms with E-state index in [0.717, 1.165) is 49.0 Å². The smallest absolute Gasteiger partial charge is 0.226 e. The Morgan fingerprint density at radius 3 is 2.82 bits per heavy atom. The first-order chi connectivity index (χ1) is 10.6. The summed E-state index contributed by atoms with van der Waals surface area (Å²) in [4.78, 5) is 26.6. The monoisotopic (exact) mass is 300 g/mol. The second-order valence-electron chi connectivity index (χ2n) is 6.38. The van der Waals surface area contributed by atoms with Gasteiger partial charge in [0.15, 0.2) is 5.78 Å². The molecular weight excluding hydrogens is 276 g/mol. The van der Waals surface area contributed by atoms with Crippen LogP contribution in [0.4, 0.5) is 5.69 Å². The number of nitrogens with one attached hydrogen (secondary N) is 1. The Labute approximate surface area is 131 Å². The Kier molecular flexibility index (Phi) is 4.30. The number of anilines is 1. The highest BCUT2D eigenvalue weighted by molar-refractivity contribution is 6.02. The minimum atomic E-state index is -0.0426. The molecule has 0 bridgehead atoms. The van der Waals surface area contributed by atoms with E-state index >= 15 is 0 Å². The Bertz CT molecular complexity index is 591. The van der Waals surface area contributed by atoms with E-state index in [2.05, 4.69) is 12.2 Å². The van der Waals surface area contributed by atoms with Gasteiger partial charge in [-0.1, -0.05) is 13.3 Å². The van der Waals surface area contributed by atoms with E-state index in [1.165, 1.54) is 0 Å². The molecule has 1 aromatic rings. The maximum Gasteiger partial charge on any atom is 0.226 e. The third-order valence-electron chi connectivity index (χ3n) is 4.78. The highest BCUT2D eigenvalue weighted by atomic mass is 16.2. The minimum absolute atomic E-state index is 0.0426. The molecule has 0 saturated carbocycles. The van der Waals surface area contributed by atoms with Crippen LogP contribution in [0, 0.1) is 0 Å². The number of piperidine rings is 1. The predicted molar refractivity (Wildman–Crippen MR) is 87.4 cm³/mol. The number of benzene rings is 1. The molecule has 0 spiro atoms. The molecule has 1 fully saturated rings. The fourth-order valence-corrected chi connectivity index (χ4v) is 3.61. The molecule has 2 aliphatic heterocycles. The lowest BCUT2D eigenvalue weighted by atomic mass is 9.95. The lowest BCUT2D eigenvalue weighted by Gasteiger charge is -2.23. The molecule has 1 amide bonds. The van der Waals surface area contributed by atoms with Crippen LogP contribution >= 0.6 is 0 Å². The van der Waals surface area contributed by atoms with E-state index in [0.29, 0.717) is 6.42 Å². The molecule has 4 heteroatoms. The summed E-state index contributed by atoms with van der Waals surface area (Å²) in [6.45, 7) is 4.88. The predicted octanol–water partition coefficient (Wildman–Crippen LogP) is 2.70. The molecule has 22 heavy (non-hydrogen) atoms. The lowest BCUT2D eigenvalue weighted by molar-refractivity contribution is -0.118. The zero-order chi connectivity index (χ0) is 15.7. The van der Waals surface area contributed by atoms with Crippen molar-refractivity contribution in [2.24, 2.45) is 0 Å². The van der Waals surface area contributed by atoms with Crippen LogP contribution in [0.2, 0.25) is 0 Å². The summed E-state index contributed by atoms with van der Waals surface area (Å²) in [5, 5.41) is 3.32. The standard InChI is InChI=1S/C18H24N2O2/c1-3-17(21)20-12(2)10-14-11-13(7-8-16(14)20)18(22)15-6-4-5-9-19-15/h7-8,11-12,15,19H,3-6,9-10H2,1-2H3. The van der Waals surface area contributed by atoms with Gasteiger partial charge < -0.3 is 10.2 Å². The normalized spacial score (nSPS) is 24.2. The lowest BCUT2D eigenvalue weighted by Crippen LogP contribution is -2.40. The van der Waals surface area contributed by atoms with Crippen molar-refractivity contribution in [1.29, 1.82) is 0 Å². The van der Waals surface area contributed by atoms with Gasteiger partial charge in [-0.3, -0.25) is 9.59 Å². The summed E-state index contributed by atoms with van der Waals surface area (Å²) in [5.41, 5.74) is 2.87. The van der Waals surface area contributed by atoms with Gasteiger partial charge in [-0.05, 0) is 56.5 Å². The molecule has 1 saturated heterocycles. The number of carbonyl (C=O) groups excluding carboxylic acids is 2. The van der Waals surface area contributed by atoms with E-state index in [-0.39, 0.29) is 23.8 Å². The van der Waals surface area contributed by atoms with Crippen LogP contribution in [0.5, 0.6) is 0 Å². The first-order valence-corrected chi connectivity index (χ1v) is 8.34. The summed E-state index contributed by atoms with van der Waals surface area (Å²) < 4.78 is 0. The van der Waals surface area contributed by atoms with Gasteiger partial charge in [-0.25, -0.2) is 0 Å². The Morgan fingerprint density at radius 2 is 2.14 bits per heavy atom. The molecule has 1 aromatic carbocycles. The van der Waals surface area contributed by atoms with Crippen molar-refractivity contribution in [2.45, 2.75) is 58.0 Å². The van der Waals surface area contributed by atoms with Crippen LogP contribution in [0.1, 0.15) is 55.5 Å². The van der Waals surface area contributed by atoms with Crippen molar-refractivity contribution in [1.82, 2.24) is 5.32 Å². The Hall–Kier alpha value is -1.68. The van der Waals surface area contributed by atoms with Gasteiger partial charge in [-0.2, -0.15) is 0 Å². The average Bonchev–Trinajstić information content (AvgIpc) is 2.89. The maximum atomic E-state index is 12.6. The Morgan fingerprint density at radius 1 is 1.32 bits per heavy atom. The van der Waals surface area contributed by atoms with Crippen LogP contribution in [-0.2, 0) is 11.2 Å². The summed E-state index contributed by atoms with van der Waals surface area (Å²) in [6.07, 6.45) is 4.53. The van der Waals surface area contributed by atoms with E-state index < -0.39 is 0 Å². The molecule has 118 valence electrons. The number of hydrogen-bond acceptors (Lipinski definition) is 3. The molecule has 0 aromatic heterocycles. The molecule has 0 aliphatic carbocycles. The van der Waals surface area contributed by atoms with Crippen LogP contribution in [-0.4, -0.2) is 30.3 Å². The molecule has 2 unspecified atom stereocenters. The van der Waals surface area contributed by atoms with Crippen molar-refractivity contribution < 1.29 is 9.59 Å². The number of fused-ring (bicyclic) bond motifs is 1. The zero-order valence-corrected chi connectivity index (χ0v) is 13.4. The average molecular weight is 300 g/mol. The summed E-state index contributed by atoms with van der Waals surface area (Å²) in [7, 11) is 0. The molecular formula is C18H24N2O2. The van der Waals surface area contributed by atoms with Crippen molar-refractivity contribution in [3.63, 3.8) is 0 Å². The maximum absolute atomic E-state index is 12.6. The number of ketones is 1. The second-order valence-corrected chi connectivity index (χ2v) is 6.38. The highest BCUT2D eigenvalue weighted by Crippen LogP contribution is 2.33. The van der Waals surface area contributed by atoms with Crippen molar-refractivity contribution >= 4 is 17.4 Å². The van der Waals surface area contributed by atoms with Gasteiger partial charge >= 0.3 is 0 Å². The number of amides is 1. The molecule has 2 atom stereocenters. The van der Waals surface area contributed by atoms with Crippen molar-refractivity contribution in [3.8, 4) is 0 Å². The molecule has 2 heterocycles. The van der Waals surface area contributed by atoms with Crippen molar-refractivity contribution in [3.05, 3.63) is 29.3 Å². The number of nitrogens with zero attached hydrogens (tertiary/aromatic N) is 1. The second kappa shape index (κ2) is 6.21. The fraction of sp³-hybridized carbons (Fsp3) is 0.556. The summed E-state index contributed by atoms with van der Waals surface area (Å²) in [5.74, 6) is 0.342. The first kappa shape index (κ1) is 15.2. The molecule has 1 N–H and O–H groups in total. The SMILES string of the molecule is CCC(=O)N1c2ccc(C(=O)C3CCCCN3)cc2CC1C. The third-order valence-corrected chi connectivity index (χ3v) is 4.78. The largest absolute Gasteiger partial charge is 0.309 e.